The quantitative estimate of drug-likeness (QED) is 0.0310. The zero-order valence-corrected chi connectivity index (χ0v) is 49.6. The maximum Gasteiger partial charge on any atom is 0.245 e. The fraction of sp³-hybridized carbons (Fsp3) is 0.792. The minimum Gasteiger partial charge on any atom is -0.391 e. The molecule has 11 amide bonds. The molecule has 0 aromatic carbocycles. The van der Waals surface area contributed by atoms with Crippen molar-refractivity contribution in [2.45, 2.75) is 211 Å². The molecule has 0 saturated carbocycles. The highest BCUT2D eigenvalue weighted by Gasteiger charge is 2.38. The molecule has 0 spiro atoms. The van der Waals surface area contributed by atoms with Gasteiger partial charge in [-0.05, 0) is 96.2 Å². The van der Waals surface area contributed by atoms with Crippen LogP contribution in [0.1, 0.15) is 139 Å². The van der Waals surface area contributed by atoms with E-state index in [2.05, 4.69) is 83.8 Å². The molecular formula is C53H102N16O13+2. The van der Waals surface area contributed by atoms with Gasteiger partial charge >= 0.3 is 0 Å². The number of unbranched alkanes of at least 4 members (excludes halogenated alkanes) is 1. The Morgan fingerprint density at radius 1 is 0.561 bits per heavy atom. The van der Waals surface area contributed by atoms with E-state index in [0.717, 1.165) is 19.3 Å². The topological polar surface area (TPSA) is 494 Å². The fourth-order valence-corrected chi connectivity index (χ4v) is 8.84. The molecule has 0 aromatic heterocycles. The highest BCUT2D eigenvalue weighted by atomic mass is 16.3. The van der Waals surface area contributed by atoms with Crippen molar-refractivity contribution >= 4 is 65.0 Å². The number of aliphatic hydroxyl groups excluding tert-OH is 2. The molecule has 0 aliphatic carbocycles. The summed E-state index contributed by atoms with van der Waals surface area (Å²) in [6.07, 6.45) is -0.338. The van der Waals surface area contributed by atoms with Crippen molar-refractivity contribution in [1.29, 1.82) is 0 Å². The predicted octanol–water partition coefficient (Wildman–Crippen LogP) is -6.87. The third-order valence-corrected chi connectivity index (χ3v) is 13.8. The first-order valence-corrected chi connectivity index (χ1v) is 29.0. The van der Waals surface area contributed by atoms with E-state index in [-0.39, 0.29) is 102 Å². The Bertz CT molecular complexity index is 2070. The summed E-state index contributed by atoms with van der Waals surface area (Å²) in [6, 6.07) is -14.2. The molecule has 29 nitrogen and oxygen atoms in total. The van der Waals surface area contributed by atoms with Crippen molar-refractivity contribution in [1.82, 2.24) is 58.5 Å². The average Bonchev–Trinajstić information content (AvgIpc) is 3.41. The van der Waals surface area contributed by atoms with E-state index < -0.39 is 145 Å². The number of carbonyl (C=O) groups excluding carboxylic acids is 11. The van der Waals surface area contributed by atoms with Crippen LogP contribution in [0.25, 0.3) is 0 Å². The molecule has 0 radical (unpaired) electrons. The normalized spacial score (nSPS) is 23.4. The summed E-state index contributed by atoms with van der Waals surface area (Å²) in [4.78, 5) is 153. The standard InChI is InChI=1S/C53H100N16O13/c1-9-30(6)12-10-11-13-41(72)60-33(14-20-54)48(77)69-43(32(8)71)53(82)65-36(17-23-57)45(74)64-38-19-25-59-52(81)42(31(7)70)68-49(78)37(18-24-58)62-44(73)34(15-21-55)63-50(79)39(26-28(2)3)67-51(80)40(27-29(4)5)66-46(75)35(16-22-56)61-47(38)76/h28-40,42-43,70-71H,9-27,54-58H2,1-8H3,(H,59,81)(H,60,72)(H,61,76)(H,62,73)(H,63,79)(H,64,74)(H,65,82)(H,66,75)(H,67,80)(H,68,78)(H,69,77)/p+2/t30?,31-,32-,33+,34+,35+,36+,37+,38+,39+,40-,42?,43+/m1/s1. The van der Waals surface area contributed by atoms with Gasteiger partial charge in [-0.2, -0.15) is 0 Å². The smallest absolute Gasteiger partial charge is 0.245 e. The molecule has 13 atom stereocenters. The Balaban J connectivity index is 3.81. The van der Waals surface area contributed by atoms with E-state index in [4.69, 9.17) is 17.2 Å². The van der Waals surface area contributed by atoms with Crippen LogP contribution in [-0.4, -0.2) is 187 Å². The van der Waals surface area contributed by atoms with Crippen molar-refractivity contribution in [2.75, 3.05) is 39.3 Å². The zero-order chi connectivity index (χ0) is 62.2. The first kappa shape index (κ1) is 73.9. The second-order valence-corrected chi connectivity index (χ2v) is 22.1. The van der Waals surface area contributed by atoms with E-state index >= 15 is 0 Å². The van der Waals surface area contributed by atoms with Crippen molar-refractivity contribution < 1.29 is 74.4 Å². The van der Waals surface area contributed by atoms with Crippen LogP contribution < -0.4 is 87.2 Å². The summed E-state index contributed by atoms with van der Waals surface area (Å²) in [6.45, 7) is 13.3. The average molecular weight is 1170 g/mol. The van der Waals surface area contributed by atoms with Crippen LogP contribution >= 0.6 is 0 Å². The Morgan fingerprint density at radius 2 is 1.00 bits per heavy atom. The number of nitrogens with one attached hydrogen (secondary N) is 11. The zero-order valence-electron chi connectivity index (χ0n) is 49.6. The molecular weight excluding hydrogens is 1070 g/mol. The van der Waals surface area contributed by atoms with E-state index in [0.29, 0.717) is 12.3 Å². The number of aliphatic hydroxyl groups is 2. The van der Waals surface area contributed by atoms with Gasteiger partial charge in [-0.25, -0.2) is 0 Å². The van der Waals surface area contributed by atoms with Gasteiger partial charge in [0, 0.05) is 25.8 Å². The maximum absolute atomic E-state index is 14.4. The molecule has 1 rings (SSSR count). The molecule has 1 aliphatic rings. The molecule has 1 aliphatic heterocycles. The number of hydrogen-bond donors (Lipinski definition) is 18. The van der Waals surface area contributed by atoms with Gasteiger partial charge in [-0.15, -0.1) is 0 Å². The molecule has 470 valence electrons. The van der Waals surface area contributed by atoms with Crippen LogP contribution in [0.4, 0.5) is 0 Å². The van der Waals surface area contributed by atoms with Gasteiger partial charge in [-0.3, -0.25) is 52.7 Å². The molecule has 29 heteroatoms. The molecule has 1 fully saturated rings. The largest absolute Gasteiger partial charge is 0.391 e. The molecule has 25 N–H and O–H groups in total. The summed E-state index contributed by atoms with van der Waals surface area (Å²) in [5.74, 6) is -9.22. The molecule has 2 unspecified atom stereocenters. The van der Waals surface area contributed by atoms with E-state index in [9.17, 15) is 63.0 Å². The van der Waals surface area contributed by atoms with Gasteiger partial charge < -0.3 is 97.4 Å². The van der Waals surface area contributed by atoms with Crippen molar-refractivity contribution in [3.63, 3.8) is 0 Å². The number of quaternary nitrogens is 2. The van der Waals surface area contributed by atoms with Gasteiger partial charge in [0.25, 0.3) is 0 Å². The lowest BCUT2D eigenvalue weighted by Gasteiger charge is -2.29. The van der Waals surface area contributed by atoms with Crippen LogP contribution in [0.15, 0.2) is 0 Å². The summed E-state index contributed by atoms with van der Waals surface area (Å²) >= 11 is 0. The van der Waals surface area contributed by atoms with Crippen LogP contribution in [0.2, 0.25) is 0 Å². The Morgan fingerprint density at radius 3 is 1.43 bits per heavy atom. The van der Waals surface area contributed by atoms with Gasteiger partial charge in [0.15, 0.2) is 0 Å². The lowest BCUT2D eigenvalue weighted by Crippen LogP contribution is -2.63. The van der Waals surface area contributed by atoms with Crippen molar-refractivity contribution in [3.05, 3.63) is 0 Å². The summed E-state index contributed by atoms with van der Waals surface area (Å²) in [7, 11) is 0. The second-order valence-electron chi connectivity index (χ2n) is 22.1. The number of hydrogen-bond acceptors (Lipinski definition) is 16. The summed E-state index contributed by atoms with van der Waals surface area (Å²) in [5, 5.41) is 49.8. The SMILES string of the molecule is CCC(C)CCCCC(=O)N[C@@H](CC[NH3+])C(=O)N[C@H](C(=O)N[C@@H](CC[NH3+])C(=O)N[C@H]1CCNC(=O)C([C@@H](C)O)NC(=O)[C@H](CCN)NC(=O)[C@H](CCN)NC(=O)[C@H](CC(C)C)NC(=O)[C@@H](CC(C)C)NC(=O)[C@H](CCN)NC1=O)[C@@H](C)O. The minimum atomic E-state index is -1.67. The van der Waals surface area contributed by atoms with Gasteiger partial charge in [0.1, 0.15) is 60.4 Å². The van der Waals surface area contributed by atoms with Crippen LogP contribution in [0.5, 0.6) is 0 Å². The molecule has 1 saturated heterocycles. The van der Waals surface area contributed by atoms with Crippen molar-refractivity contribution in [2.24, 2.45) is 35.0 Å². The van der Waals surface area contributed by atoms with Crippen LogP contribution in [0, 0.1) is 17.8 Å². The summed E-state index contributed by atoms with van der Waals surface area (Å²) < 4.78 is 0. The van der Waals surface area contributed by atoms with E-state index in [1.807, 2.05) is 0 Å². The number of rotatable bonds is 29. The van der Waals surface area contributed by atoms with E-state index in [1.54, 1.807) is 27.7 Å². The lowest BCUT2D eigenvalue weighted by atomic mass is 9.99. The first-order valence-electron chi connectivity index (χ1n) is 29.0. The second kappa shape index (κ2) is 39.4. The van der Waals surface area contributed by atoms with E-state index in [1.165, 1.54) is 13.8 Å². The molecule has 0 aromatic rings. The van der Waals surface area contributed by atoms with Crippen molar-refractivity contribution in [3.8, 4) is 0 Å². The Hall–Kier alpha value is -6.11. The minimum absolute atomic E-state index is 0.0370. The van der Waals surface area contributed by atoms with Gasteiger partial charge in [0.05, 0.1) is 25.3 Å². The molecule has 1 heterocycles. The maximum atomic E-state index is 14.4. The third kappa shape index (κ3) is 27.3. The summed E-state index contributed by atoms with van der Waals surface area (Å²) in [5.41, 5.74) is 25.2. The number of carbonyl (C=O) groups is 11. The Labute approximate surface area is 482 Å². The monoisotopic (exact) mass is 1170 g/mol. The van der Waals surface area contributed by atoms with Gasteiger partial charge in [0.2, 0.25) is 65.0 Å². The third-order valence-electron chi connectivity index (χ3n) is 13.8. The number of amides is 11. The lowest BCUT2D eigenvalue weighted by molar-refractivity contribution is -0.369. The first-order chi connectivity index (χ1) is 38.7. The Kier molecular flexibility index (Phi) is 35.5. The fourth-order valence-electron chi connectivity index (χ4n) is 8.84. The van der Waals surface area contributed by atoms with Gasteiger partial charge in [-0.1, -0.05) is 60.8 Å². The molecule has 0 bridgehead atoms. The highest BCUT2D eigenvalue weighted by molar-refractivity contribution is 5.99. The molecule has 82 heavy (non-hydrogen) atoms. The van der Waals surface area contributed by atoms with Crippen LogP contribution in [-0.2, 0) is 52.7 Å². The highest BCUT2D eigenvalue weighted by Crippen LogP contribution is 2.14. The predicted molar refractivity (Wildman–Crippen MR) is 303 cm³/mol. The number of nitrogens with two attached hydrogens (primary N) is 3. The van der Waals surface area contributed by atoms with Crippen LogP contribution in [0.3, 0.4) is 0 Å².